The zero-order valence-electron chi connectivity index (χ0n) is 17.9. The highest BCUT2D eigenvalue weighted by molar-refractivity contribution is 7.89. The Labute approximate surface area is 173 Å². The van der Waals surface area contributed by atoms with Gasteiger partial charge < -0.3 is 15.0 Å². The van der Waals surface area contributed by atoms with E-state index in [1.165, 1.54) is 33.5 Å². The average molecular weight is 426 g/mol. The van der Waals surface area contributed by atoms with Crippen molar-refractivity contribution in [1.29, 1.82) is 0 Å². The quantitative estimate of drug-likeness (QED) is 0.742. The Balaban J connectivity index is 2.16. The smallest absolute Gasteiger partial charge is 0.251 e. The Kier molecular flexibility index (Phi) is 7.42. The van der Waals surface area contributed by atoms with Crippen molar-refractivity contribution in [3.63, 3.8) is 0 Å². The normalized spacial score (nSPS) is 21.6. The van der Waals surface area contributed by atoms with Crippen LogP contribution in [0.5, 0.6) is 0 Å². The number of ether oxygens (including phenoxy) is 1. The summed E-state index contributed by atoms with van der Waals surface area (Å²) in [5.74, 6) is -0.696. The third kappa shape index (κ3) is 5.55. The molecule has 0 bridgehead atoms. The second-order valence-electron chi connectivity index (χ2n) is 8.03. The standard InChI is InChI=1S/C20H31N3O5S/c1-13(2)18(20(25)22(5)6)21-19(24)16-7-9-17(10-8-16)29(26,27)23-11-14(3)28-15(4)12-23/h7-10,13-15,18H,11-12H2,1-6H3,(H,21,24)/t14-,15+,18-/m0/s1. The topological polar surface area (TPSA) is 96.0 Å². The molecule has 1 fully saturated rings. The Morgan fingerprint density at radius 3 is 2.07 bits per heavy atom. The number of amides is 2. The molecule has 2 amide bonds. The van der Waals surface area contributed by atoms with Crippen LogP contribution in [0.3, 0.4) is 0 Å². The minimum atomic E-state index is -3.67. The lowest BCUT2D eigenvalue weighted by Crippen LogP contribution is -2.49. The van der Waals surface area contributed by atoms with E-state index >= 15 is 0 Å². The Morgan fingerprint density at radius 1 is 1.10 bits per heavy atom. The number of morpholine rings is 1. The number of carbonyl (C=O) groups excluding carboxylic acids is 2. The van der Waals surface area contributed by atoms with E-state index in [0.717, 1.165) is 0 Å². The zero-order valence-corrected chi connectivity index (χ0v) is 18.7. The summed E-state index contributed by atoms with van der Waals surface area (Å²) in [6.45, 7) is 7.96. The number of sulfonamides is 1. The molecule has 1 saturated heterocycles. The van der Waals surface area contributed by atoms with E-state index < -0.39 is 22.0 Å². The summed E-state index contributed by atoms with van der Waals surface area (Å²) in [5.41, 5.74) is 0.296. The van der Waals surface area contributed by atoms with Crippen LogP contribution in [0.4, 0.5) is 0 Å². The Bertz CT molecular complexity index is 826. The van der Waals surface area contributed by atoms with Gasteiger partial charge in [0.25, 0.3) is 5.91 Å². The second-order valence-corrected chi connectivity index (χ2v) is 9.97. The maximum Gasteiger partial charge on any atom is 0.251 e. The first-order valence-electron chi connectivity index (χ1n) is 9.71. The van der Waals surface area contributed by atoms with Crippen LogP contribution < -0.4 is 5.32 Å². The first-order chi connectivity index (χ1) is 13.4. The van der Waals surface area contributed by atoms with Gasteiger partial charge >= 0.3 is 0 Å². The first kappa shape index (κ1) is 23.3. The molecule has 0 aliphatic carbocycles. The number of hydrogen-bond donors (Lipinski definition) is 1. The lowest BCUT2D eigenvalue weighted by molar-refractivity contribution is -0.131. The molecule has 1 aromatic carbocycles. The number of nitrogens with one attached hydrogen (secondary N) is 1. The van der Waals surface area contributed by atoms with E-state index in [-0.39, 0.29) is 42.0 Å². The minimum absolute atomic E-state index is 0.0844. The molecule has 29 heavy (non-hydrogen) atoms. The maximum absolute atomic E-state index is 12.9. The molecule has 1 aliphatic heterocycles. The van der Waals surface area contributed by atoms with Crippen molar-refractivity contribution in [2.24, 2.45) is 5.92 Å². The molecular formula is C20H31N3O5S. The van der Waals surface area contributed by atoms with Crippen molar-refractivity contribution in [3.05, 3.63) is 29.8 Å². The molecule has 0 aromatic heterocycles. The molecule has 162 valence electrons. The second kappa shape index (κ2) is 9.23. The number of hydrogen-bond acceptors (Lipinski definition) is 5. The van der Waals surface area contributed by atoms with E-state index in [2.05, 4.69) is 5.32 Å². The lowest BCUT2D eigenvalue weighted by atomic mass is 10.0. The van der Waals surface area contributed by atoms with Crippen molar-refractivity contribution < 1.29 is 22.7 Å². The summed E-state index contributed by atoms with van der Waals surface area (Å²) in [5, 5.41) is 2.74. The molecule has 0 saturated carbocycles. The van der Waals surface area contributed by atoms with Crippen LogP contribution in [0.15, 0.2) is 29.2 Å². The first-order valence-corrected chi connectivity index (χ1v) is 11.1. The summed E-state index contributed by atoms with van der Waals surface area (Å²) < 4.78 is 32.8. The largest absolute Gasteiger partial charge is 0.373 e. The minimum Gasteiger partial charge on any atom is -0.373 e. The zero-order chi connectivity index (χ0) is 21.9. The van der Waals surface area contributed by atoms with E-state index in [4.69, 9.17) is 4.74 Å². The molecule has 9 heteroatoms. The van der Waals surface area contributed by atoms with E-state index in [1.54, 1.807) is 14.1 Å². The average Bonchev–Trinajstić information content (AvgIpc) is 2.64. The lowest BCUT2D eigenvalue weighted by Gasteiger charge is -2.34. The van der Waals surface area contributed by atoms with Gasteiger partial charge in [0.05, 0.1) is 17.1 Å². The molecule has 0 radical (unpaired) electrons. The molecule has 0 unspecified atom stereocenters. The molecule has 0 spiro atoms. The van der Waals surface area contributed by atoms with E-state index in [1.807, 2.05) is 27.7 Å². The molecule has 8 nitrogen and oxygen atoms in total. The fourth-order valence-electron chi connectivity index (χ4n) is 3.27. The van der Waals surface area contributed by atoms with Crippen molar-refractivity contribution in [1.82, 2.24) is 14.5 Å². The molecule has 1 aliphatic rings. The molecule has 1 N–H and O–H groups in total. The fourth-order valence-corrected chi connectivity index (χ4v) is 4.86. The van der Waals surface area contributed by atoms with Crippen LogP contribution >= 0.6 is 0 Å². The van der Waals surface area contributed by atoms with E-state index in [0.29, 0.717) is 5.56 Å². The number of nitrogens with zero attached hydrogens (tertiary/aromatic N) is 2. The predicted molar refractivity (Wildman–Crippen MR) is 110 cm³/mol. The summed E-state index contributed by atoms with van der Waals surface area (Å²) in [6.07, 6.45) is -0.360. The SMILES string of the molecule is CC(C)[C@H](NC(=O)c1ccc(S(=O)(=O)N2C[C@@H](C)O[C@@H](C)C2)cc1)C(=O)N(C)C. The van der Waals surface area contributed by atoms with Crippen molar-refractivity contribution in [2.45, 2.75) is 50.8 Å². The highest BCUT2D eigenvalue weighted by Gasteiger charge is 2.32. The third-order valence-electron chi connectivity index (χ3n) is 4.80. The number of rotatable bonds is 6. The molecule has 2 rings (SSSR count). The van der Waals surface area contributed by atoms with Gasteiger partial charge in [-0.2, -0.15) is 4.31 Å². The molecular weight excluding hydrogens is 394 g/mol. The van der Waals surface area contributed by atoms with Gasteiger partial charge in [0, 0.05) is 32.7 Å². The number of likely N-dealkylation sites (N-methyl/N-ethyl adjacent to an activating group) is 1. The summed E-state index contributed by atoms with van der Waals surface area (Å²) in [4.78, 5) is 26.4. The van der Waals surface area contributed by atoms with Crippen LogP contribution in [0.2, 0.25) is 0 Å². The van der Waals surface area contributed by atoms with Gasteiger partial charge in [0.1, 0.15) is 6.04 Å². The monoisotopic (exact) mass is 425 g/mol. The van der Waals surface area contributed by atoms with Crippen LogP contribution in [-0.4, -0.2) is 74.9 Å². The molecule has 3 atom stereocenters. The van der Waals surface area contributed by atoms with Gasteiger partial charge in [-0.05, 0) is 44.0 Å². The highest BCUT2D eigenvalue weighted by Crippen LogP contribution is 2.21. The van der Waals surface area contributed by atoms with Gasteiger partial charge in [-0.1, -0.05) is 13.8 Å². The van der Waals surface area contributed by atoms with Crippen LogP contribution in [0, 0.1) is 5.92 Å². The van der Waals surface area contributed by atoms with Gasteiger partial charge in [-0.25, -0.2) is 8.42 Å². The van der Waals surface area contributed by atoms with Crippen molar-refractivity contribution >= 4 is 21.8 Å². The van der Waals surface area contributed by atoms with Crippen LogP contribution in [-0.2, 0) is 19.6 Å². The van der Waals surface area contributed by atoms with Crippen LogP contribution in [0.25, 0.3) is 0 Å². The molecule has 1 heterocycles. The maximum atomic E-state index is 12.9. The van der Waals surface area contributed by atoms with Gasteiger partial charge in [-0.3, -0.25) is 9.59 Å². The van der Waals surface area contributed by atoms with Gasteiger partial charge in [-0.15, -0.1) is 0 Å². The summed E-state index contributed by atoms with van der Waals surface area (Å²) >= 11 is 0. The Hall–Kier alpha value is -1.97. The summed E-state index contributed by atoms with van der Waals surface area (Å²) in [6, 6.07) is 5.12. The third-order valence-corrected chi connectivity index (χ3v) is 6.65. The van der Waals surface area contributed by atoms with Crippen molar-refractivity contribution in [2.75, 3.05) is 27.2 Å². The van der Waals surface area contributed by atoms with Crippen molar-refractivity contribution in [3.8, 4) is 0 Å². The highest BCUT2D eigenvalue weighted by atomic mass is 32.2. The number of carbonyl (C=O) groups is 2. The van der Waals surface area contributed by atoms with Gasteiger partial charge in [0.2, 0.25) is 15.9 Å². The fraction of sp³-hybridized carbons (Fsp3) is 0.600. The number of benzene rings is 1. The summed E-state index contributed by atoms with van der Waals surface area (Å²) in [7, 11) is -0.399. The Morgan fingerprint density at radius 2 is 1.62 bits per heavy atom. The molecule has 1 aromatic rings. The van der Waals surface area contributed by atoms with Gasteiger partial charge in [0.15, 0.2) is 0 Å². The van der Waals surface area contributed by atoms with E-state index in [9.17, 15) is 18.0 Å². The van der Waals surface area contributed by atoms with Crippen LogP contribution in [0.1, 0.15) is 38.1 Å². The predicted octanol–water partition coefficient (Wildman–Crippen LogP) is 1.33.